The van der Waals surface area contributed by atoms with Gasteiger partial charge in [-0.25, -0.2) is 18.2 Å². The number of ether oxygens (including phenoxy) is 2. The maximum atomic E-state index is 14.3. The molecule has 38 heavy (non-hydrogen) atoms. The van der Waals surface area contributed by atoms with Gasteiger partial charge in [-0.2, -0.15) is 5.10 Å². The van der Waals surface area contributed by atoms with Crippen LogP contribution in [0.15, 0.2) is 18.3 Å². The Hall–Kier alpha value is -3.15. The molecule has 2 amide bonds. The second-order valence-electron chi connectivity index (χ2n) is 10.5. The number of nitrogens with one attached hydrogen (secondary N) is 2. The number of alkyl halides is 2. The first-order chi connectivity index (χ1) is 18.2. The van der Waals surface area contributed by atoms with E-state index in [1.165, 1.54) is 26.4 Å². The van der Waals surface area contributed by atoms with E-state index >= 15 is 0 Å². The summed E-state index contributed by atoms with van der Waals surface area (Å²) < 4.78 is 51.4. The van der Waals surface area contributed by atoms with E-state index in [4.69, 9.17) is 9.47 Å². The number of halogens is 3. The van der Waals surface area contributed by atoms with Crippen molar-refractivity contribution in [2.45, 2.75) is 81.5 Å². The number of nitrogens with zero attached hydrogens (tertiary/aromatic N) is 3. The van der Waals surface area contributed by atoms with Crippen molar-refractivity contribution in [3.05, 3.63) is 29.8 Å². The highest BCUT2D eigenvalue weighted by Crippen LogP contribution is 2.41. The molecular formula is C26H32F3N5O4. The van der Waals surface area contributed by atoms with Crippen LogP contribution in [0.4, 0.5) is 13.2 Å². The Balaban J connectivity index is 1.20. The van der Waals surface area contributed by atoms with Gasteiger partial charge >= 0.3 is 0 Å². The van der Waals surface area contributed by atoms with Crippen molar-refractivity contribution in [1.29, 1.82) is 0 Å². The lowest BCUT2D eigenvalue weighted by atomic mass is 9.81. The summed E-state index contributed by atoms with van der Waals surface area (Å²) >= 11 is 0. The van der Waals surface area contributed by atoms with Gasteiger partial charge in [-0.15, -0.1) is 0 Å². The standard InChI is InChI=1S/C26H32F3N5O4/c1-37-22-11-18(19(27)13-30-22)20-12-21(33-32-20)24(36)34-16-3-4-17(34)10-14(9-16)23(35)31-15-5-7-26(38-2,8-6-15)25(28)29/h11-17,25H,3-10H2,1-2H3,(H,31,35)(H,32,33)/t14-,15-,16-,17+,26-. The van der Waals surface area contributed by atoms with Crippen LogP contribution in [0.5, 0.6) is 5.88 Å². The highest BCUT2D eigenvalue weighted by Gasteiger charge is 2.47. The lowest BCUT2D eigenvalue weighted by molar-refractivity contribution is -0.145. The lowest BCUT2D eigenvalue weighted by Crippen LogP contribution is -2.52. The predicted molar refractivity (Wildman–Crippen MR) is 130 cm³/mol. The highest BCUT2D eigenvalue weighted by molar-refractivity contribution is 5.94. The molecule has 12 heteroatoms. The van der Waals surface area contributed by atoms with Gasteiger partial charge in [0.15, 0.2) is 11.5 Å². The summed E-state index contributed by atoms with van der Waals surface area (Å²) in [5, 5.41) is 9.93. The number of hydrogen-bond donors (Lipinski definition) is 2. The molecule has 9 nitrogen and oxygen atoms in total. The van der Waals surface area contributed by atoms with E-state index in [0.717, 1.165) is 19.0 Å². The maximum Gasteiger partial charge on any atom is 0.274 e. The molecule has 2 bridgehead atoms. The Morgan fingerprint density at radius 1 is 1.13 bits per heavy atom. The van der Waals surface area contributed by atoms with E-state index in [9.17, 15) is 22.8 Å². The van der Waals surface area contributed by atoms with Gasteiger partial charge in [-0.3, -0.25) is 14.7 Å². The van der Waals surface area contributed by atoms with Crippen LogP contribution in [0.2, 0.25) is 0 Å². The summed E-state index contributed by atoms with van der Waals surface area (Å²) in [4.78, 5) is 32.1. The lowest BCUT2D eigenvalue weighted by Gasteiger charge is -2.40. The van der Waals surface area contributed by atoms with Crippen LogP contribution in [0.25, 0.3) is 11.3 Å². The number of pyridine rings is 1. The summed E-state index contributed by atoms with van der Waals surface area (Å²) in [6, 6.07) is 2.60. The molecule has 3 atom stereocenters. The average molecular weight is 536 g/mol. The van der Waals surface area contributed by atoms with E-state index in [0.29, 0.717) is 31.4 Å². The van der Waals surface area contributed by atoms with E-state index < -0.39 is 17.8 Å². The number of carbonyl (C=O) groups is 2. The van der Waals surface area contributed by atoms with Gasteiger partial charge in [0.2, 0.25) is 11.8 Å². The fraction of sp³-hybridized carbons (Fsp3) is 0.615. The molecule has 0 unspecified atom stereocenters. The third kappa shape index (κ3) is 4.85. The van der Waals surface area contributed by atoms with E-state index in [-0.39, 0.29) is 65.8 Å². The number of piperidine rings is 1. The van der Waals surface area contributed by atoms with E-state index in [2.05, 4.69) is 20.5 Å². The number of fused-ring (bicyclic) bond motifs is 2. The molecule has 1 saturated carbocycles. The van der Waals surface area contributed by atoms with Crippen molar-refractivity contribution in [2.75, 3.05) is 14.2 Å². The van der Waals surface area contributed by atoms with Gasteiger partial charge in [0.25, 0.3) is 12.3 Å². The fourth-order valence-corrected chi connectivity index (χ4v) is 6.24. The zero-order valence-corrected chi connectivity index (χ0v) is 21.4. The van der Waals surface area contributed by atoms with Crippen LogP contribution in [0.1, 0.15) is 61.9 Å². The maximum absolute atomic E-state index is 14.3. The van der Waals surface area contributed by atoms with Gasteiger partial charge < -0.3 is 19.7 Å². The minimum absolute atomic E-state index is 0.0786. The molecule has 1 aliphatic carbocycles. The molecule has 2 aromatic rings. The Labute approximate surface area is 218 Å². The van der Waals surface area contributed by atoms with Crippen LogP contribution < -0.4 is 10.1 Å². The quantitative estimate of drug-likeness (QED) is 0.560. The zero-order valence-electron chi connectivity index (χ0n) is 21.4. The van der Waals surface area contributed by atoms with Crippen LogP contribution in [-0.4, -0.2) is 76.3 Å². The highest BCUT2D eigenvalue weighted by atomic mass is 19.3. The normalized spacial score (nSPS) is 28.9. The molecule has 206 valence electrons. The molecule has 4 heterocycles. The van der Waals surface area contributed by atoms with Crippen LogP contribution in [-0.2, 0) is 9.53 Å². The Bertz CT molecular complexity index is 1170. The second kappa shape index (κ2) is 10.5. The van der Waals surface area contributed by atoms with Crippen molar-refractivity contribution in [3.63, 3.8) is 0 Å². The third-order valence-electron chi connectivity index (χ3n) is 8.45. The van der Waals surface area contributed by atoms with Gasteiger partial charge in [-0.05, 0) is 57.4 Å². The predicted octanol–water partition coefficient (Wildman–Crippen LogP) is 3.71. The van der Waals surface area contributed by atoms with E-state index in [1.54, 1.807) is 0 Å². The van der Waals surface area contributed by atoms with Crippen molar-refractivity contribution in [3.8, 4) is 17.1 Å². The molecule has 3 fully saturated rings. The molecule has 2 saturated heterocycles. The number of carbonyl (C=O) groups excluding carboxylic acids is 2. The Morgan fingerprint density at radius 2 is 1.82 bits per heavy atom. The number of aromatic nitrogens is 3. The minimum Gasteiger partial charge on any atom is -0.481 e. The van der Waals surface area contributed by atoms with E-state index in [1.807, 2.05) is 4.90 Å². The van der Waals surface area contributed by atoms with Gasteiger partial charge in [0, 0.05) is 42.8 Å². The first kappa shape index (κ1) is 26.5. The number of amides is 2. The van der Waals surface area contributed by atoms with Crippen molar-refractivity contribution < 1.29 is 32.2 Å². The molecule has 3 aliphatic rings. The van der Waals surface area contributed by atoms with Gasteiger partial charge in [0.1, 0.15) is 5.60 Å². The largest absolute Gasteiger partial charge is 0.481 e. The summed E-state index contributed by atoms with van der Waals surface area (Å²) in [7, 11) is 2.74. The summed E-state index contributed by atoms with van der Waals surface area (Å²) in [6.07, 6.45) is 2.44. The van der Waals surface area contributed by atoms with Crippen LogP contribution in [0.3, 0.4) is 0 Å². The average Bonchev–Trinajstić information content (AvgIpc) is 3.51. The molecule has 2 aliphatic heterocycles. The summed E-state index contributed by atoms with van der Waals surface area (Å²) in [5.41, 5.74) is -0.712. The smallest absolute Gasteiger partial charge is 0.274 e. The summed E-state index contributed by atoms with van der Waals surface area (Å²) in [5.74, 6) is -0.905. The topological polar surface area (TPSA) is 109 Å². The Kier molecular flexibility index (Phi) is 7.34. The molecule has 5 rings (SSSR count). The second-order valence-corrected chi connectivity index (χ2v) is 10.5. The monoisotopic (exact) mass is 535 g/mol. The molecular weight excluding hydrogens is 503 g/mol. The molecule has 2 aromatic heterocycles. The van der Waals surface area contributed by atoms with Gasteiger partial charge in [0.05, 0.1) is 19.0 Å². The first-order valence-corrected chi connectivity index (χ1v) is 13.0. The van der Waals surface area contributed by atoms with Crippen LogP contribution >= 0.6 is 0 Å². The first-order valence-electron chi connectivity index (χ1n) is 13.0. The number of aromatic amines is 1. The van der Waals surface area contributed by atoms with Crippen molar-refractivity contribution >= 4 is 11.8 Å². The number of methoxy groups -OCH3 is 2. The summed E-state index contributed by atoms with van der Waals surface area (Å²) in [6.45, 7) is 0. The van der Waals surface area contributed by atoms with Crippen molar-refractivity contribution in [2.24, 2.45) is 5.92 Å². The number of rotatable bonds is 7. The molecule has 0 radical (unpaired) electrons. The zero-order chi connectivity index (χ0) is 27.0. The molecule has 0 spiro atoms. The third-order valence-corrected chi connectivity index (χ3v) is 8.45. The SMILES string of the molecule is COc1cc(-c2cc(C(=O)N3[C@@H]4CC[C@H]3C[C@H](C(=O)N[C@H]3CC[C@@](OC)(C(F)F)CC3)C4)n[nH]2)c(F)cn1. The number of H-pyrrole nitrogens is 1. The van der Waals surface area contributed by atoms with Gasteiger partial charge in [-0.1, -0.05) is 0 Å². The minimum atomic E-state index is -2.56. The molecule has 2 N–H and O–H groups in total. The number of hydrogen-bond acceptors (Lipinski definition) is 6. The fourth-order valence-electron chi connectivity index (χ4n) is 6.24. The van der Waals surface area contributed by atoms with Crippen molar-refractivity contribution in [1.82, 2.24) is 25.4 Å². The van der Waals surface area contributed by atoms with Crippen LogP contribution in [0, 0.1) is 11.7 Å². The Morgan fingerprint density at radius 3 is 2.42 bits per heavy atom. The molecule has 0 aromatic carbocycles.